The van der Waals surface area contributed by atoms with Crippen molar-refractivity contribution in [1.29, 1.82) is 0 Å². The number of hydrogen-bond donors (Lipinski definition) is 1. The minimum atomic E-state index is -1.00. The van der Waals surface area contributed by atoms with Gasteiger partial charge in [-0.1, -0.05) is 90.2 Å². The molecule has 1 aromatic rings. The number of quaternary nitrogens is 1. The molecule has 0 aliphatic rings. The van der Waals surface area contributed by atoms with E-state index < -0.39 is 11.9 Å². The van der Waals surface area contributed by atoms with Crippen molar-refractivity contribution in [1.82, 2.24) is 0 Å². The standard InChI is InChI=1S/C23H39NO2.C5H11NO2/c1-3-5-7-9-10-12-16-20(15-11-8-6-4-2)19-26-22-18-14-13-17-21(22)23(24)25;1-6(2,3)4-5(7)8/h13-14,17-18,20H,3-12,15-16,19H2,1-2H3,(H2,24,25);4H2,1-3H3. The van der Waals surface area contributed by atoms with E-state index in [1.54, 1.807) is 27.2 Å². The van der Waals surface area contributed by atoms with Gasteiger partial charge in [-0.05, 0) is 30.9 Å². The summed E-state index contributed by atoms with van der Waals surface area (Å²) < 4.78 is 6.43. The van der Waals surface area contributed by atoms with Gasteiger partial charge in [0.1, 0.15) is 12.3 Å². The molecule has 1 aromatic carbocycles. The summed E-state index contributed by atoms with van der Waals surface area (Å²) in [6.45, 7) is 5.26. The molecular weight excluding hydrogens is 428 g/mol. The van der Waals surface area contributed by atoms with Gasteiger partial charge in [0.25, 0.3) is 5.91 Å². The van der Waals surface area contributed by atoms with Crippen LogP contribution in [0.4, 0.5) is 0 Å². The smallest absolute Gasteiger partial charge is 0.252 e. The van der Waals surface area contributed by atoms with Gasteiger partial charge in [-0.2, -0.15) is 0 Å². The molecule has 1 atom stereocenters. The highest BCUT2D eigenvalue weighted by Crippen LogP contribution is 2.23. The Balaban J connectivity index is 0.00000116. The van der Waals surface area contributed by atoms with Crippen LogP contribution in [0.5, 0.6) is 5.75 Å². The first-order chi connectivity index (χ1) is 16.1. The van der Waals surface area contributed by atoms with Gasteiger partial charge in [0.2, 0.25) is 0 Å². The number of ether oxygens (including phenoxy) is 1. The molecule has 34 heavy (non-hydrogen) atoms. The average molecular weight is 479 g/mol. The molecule has 0 bridgehead atoms. The lowest BCUT2D eigenvalue weighted by atomic mass is 9.95. The Morgan fingerprint density at radius 1 is 0.882 bits per heavy atom. The number of primary amides is 1. The van der Waals surface area contributed by atoms with E-state index in [9.17, 15) is 14.7 Å². The Hall–Kier alpha value is -2.08. The Bertz CT molecular complexity index is 671. The van der Waals surface area contributed by atoms with Gasteiger partial charge in [0, 0.05) is 0 Å². The van der Waals surface area contributed by atoms with Crippen LogP contribution in [-0.2, 0) is 4.79 Å². The van der Waals surface area contributed by atoms with Crippen LogP contribution in [0.15, 0.2) is 24.3 Å². The van der Waals surface area contributed by atoms with E-state index in [0.717, 1.165) is 0 Å². The second-order valence-electron chi connectivity index (χ2n) is 10.3. The molecule has 1 rings (SSSR count). The first kappa shape index (κ1) is 31.9. The van der Waals surface area contributed by atoms with E-state index in [1.165, 1.54) is 77.0 Å². The molecule has 1 unspecified atom stereocenters. The first-order valence-corrected chi connectivity index (χ1v) is 13.1. The molecular formula is C28H50N2O4. The Morgan fingerprint density at radius 3 is 1.85 bits per heavy atom. The van der Waals surface area contributed by atoms with Crippen LogP contribution in [0.25, 0.3) is 0 Å². The Labute approximate surface area is 208 Å². The van der Waals surface area contributed by atoms with E-state index in [0.29, 0.717) is 28.3 Å². The number of unbranched alkanes of at least 4 members (excludes halogenated alkanes) is 8. The van der Waals surface area contributed by atoms with Crippen LogP contribution < -0.4 is 15.6 Å². The van der Waals surface area contributed by atoms with E-state index >= 15 is 0 Å². The SMILES string of the molecule is CCCCCCCCC(CCCCCC)COc1ccccc1C(N)=O.C[N+](C)(C)CC(=O)[O-]. The molecule has 1 amide bonds. The quantitative estimate of drug-likeness (QED) is 0.239. The highest BCUT2D eigenvalue weighted by Gasteiger charge is 2.13. The molecule has 6 heteroatoms. The van der Waals surface area contributed by atoms with Gasteiger partial charge < -0.3 is 24.9 Å². The highest BCUT2D eigenvalue weighted by molar-refractivity contribution is 5.95. The van der Waals surface area contributed by atoms with Crippen LogP contribution in [0.1, 0.15) is 101 Å². The molecule has 0 aliphatic heterocycles. The molecule has 2 N–H and O–H groups in total. The number of nitrogens with two attached hydrogens (primary N) is 1. The van der Waals surface area contributed by atoms with Crippen molar-refractivity contribution in [2.24, 2.45) is 11.7 Å². The summed E-state index contributed by atoms with van der Waals surface area (Å²) in [4.78, 5) is 21.4. The van der Waals surface area contributed by atoms with Gasteiger partial charge >= 0.3 is 0 Å². The lowest BCUT2D eigenvalue weighted by Crippen LogP contribution is -2.45. The fourth-order valence-electron chi connectivity index (χ4n) is 3.78. The topological polar surface area (TPSA) is 92.5 Å². The van der Waals surface area contributed by atoms with Gasteiger partial charge in [-0.25, -0.2) is 0 Å². The molecule has 0 saturated heterocycles. The van der Waals surface area contributed by atoms with Gasteiger partial charge in [0.15, 0.2) is 0 Å². The molecule has 0 heterocycles. The van der Waals surface area contributed by atoms with E-state index in [-0.39, 0.29) is 6.54 Å². The number of para-hydroxylation sites is 1. The fourth-order valence-corrected chi connectivity index (χ4v) is 3.78. The zero-order chi connectivity index (χ0) is 25.8. The number of carbonyl (C=O) groups excluding carboxylic acids is 2. The van der Waals surface area contributed by atoms with Gasteiger partial charge in [-0.3, -0.25) is 4.79 Å². The summed E-state index contributed by atoms with van der Waals surface area (Å²) >= 11 is 0. The van der Waals surface area contributed by atoms with Crippen LogP contribution in [-0.4, -0.2) is 50.7 Å². The number of carboxylic acids is 1. The second-order valence-corrected chi connectivity index (χ2v) is 10.3. The average Bonchev–Trinajstić information content (AvgIpc) is 2.75. The van der Waals surface area contributed by atoms with Crippen molar-refractivity contribution in [3.8, 4) is 5.75 Å². The third-order valence-corrected chi connectivity index (χ3v) is 5.66. The summed E-state index contributed by atoms with van der Waals surface area (Å²) in [5.74, 6) is -0.228. The largest absolute Gasteiger partial charge is 0.544 e. The lowest BCUT2D eigenvalue weighted by Gasteiger charge is -2.23. The Morgan fingerprint density at radius 2 is 1.38 bits per heavy atom. The van der Waals surface area contributed by atoms with Gasteiger partial charge in [0.05, 0.1) is 39.3 Å². The van der Waals surface area contributed by atoms with Crippen molar-refractivity contribution in [2.75, 3.05) is 34.3 Å². The first-order valence-electron chi connectivity index (χ1n) is 13.1. The third kappa shape index (κ3) is 18.4. The number of amides is 1. The van der Waals surface area contributed by atoms with Crippen LogP contribution >= 0.6 is 0 Å². The van der Waals surface area contributed by atoms with Crippen molar-refractivity contribution >= 4 is 11.9 Å². The summed E-state index contributed by atoms with van der Waals surface area (Å²) in [5.41, 5.74) is 5.94. The number of hydrogen-bond acceptors (Lipinski definition) is 4. The van der Waals surface area contributed by atoms with Crippen molar-refractivity contribution < 1.29 is 23.9 Å². The number of benzene rings is 1. The lowest BCUT2D eigenvalue weighted by molar-refractivity contribution is -0.864. The zero-order valence-corrected chi connectivity index (χ0v) is 22.4. The van der Waals surface area contributed by atoms with E-state index in [2.05, 4.69) is 13.8 Å². The van der Waals surface area contributed by atoms with Crippen molar-refractivity contribution in [3.05, 3.63) is 29.8 Å². The molecule has 196 valence electrons. The van der Waals surface area contributed by atoms with Crippen LogP contribution in [0, 0.1) is 5.92 Å². The van der Waals surface area contributed by atoms with E-state index in [1.807, 2.05) is 18.2 Å². The minimum absolute atomic E-state index is 0.0694. The molecule has 0 saturated carbocycles. The summed E-state index contributed by atoms with van der Waals surface area (Å²) in [5, 5.41) is 9.89. The predicted molar refractivity (Wildman–Crippen MR) is 139 cm³/mol. The number of carbonyl (C=O) groups is 2. The molecule has 0 aromatic heterocycles. The summed E-state index contributed by atoms with van der Waals surface area (Å²) in [6.07, 6.45) is 15.6. The molecule has 0 spiro atoms. The van der Waals surface area contributed by atoms with Crippen LogP contribution in [0.3, 0.4) is 0 Å². The number of carboxylic acid groups (broad SMARTS) is 1. The van der Waals surface area contributed by atoms with Crippen molar-refractivity contribution in [3.63, 3.8) is 0 Å². The predicted octanol–water partition coefficient (Wildman–Crippen LogP) is 4.94. The number of rotatable bonds is 18. The van der Waals surface area contributed by atoms with Crippen molar-refractivity contribution in [2.45, 2.75) is 90.9 Å². The van der Waals surface area contributed by atoms with E-state index in [4.69, 9.17) is 10.5 Å². The minimum Gasteiger partial charge on any atom is -0.544 e. The molecule has 6 nitrogen and oxygen atoms in total. The second kappa shape index (κ2) is 19.2. The third-order valence-electron chi connectivity index (χ3n) is 5.66. The molecule has 0 aliphatic carbocycles. The maximum absolute atomic E-state index is 11.5. The maximum atomic E-state index is 11.5. The highest BCUT2D eigenvalue weighted by atomic mass is 16.5. The summed E-state index contributed by atoms with van der Waals surface area (Å²) in [7, 11) is 5.40. The molecule has 0 radical (unpaired) electrons. The maximum Gasteiger partial charge on any atom is 0.252 e. The summed E-state index contributed by atoms with van der Waals surface area (Å²) in [6, 6.07) is 7.30. The Kier molecular flexibility index (Phi) is 18.1. The number of aliphatic carboxylic acids is 1. The number of likely N-dealkylation sites (N-methyl/N-ethyl adjacent to an activating group) is 1. The fraction of sp³-hybridized carbons (Fsp3) is 0.714. The molecule has 0 fully saturated rings. The monoisotopic (exact) mass is 478 g/mol. The number of nitrogens with zero attached hydrogens (tertiary/aromatic N) is 1. The normalized spacial score (nSPS) is 11.9. The van der Waals surface area contributed by atoms with Gasteiger partial charge in [-0.15, -0.1) is 0 Å². The zero-order valence-electron chi connectivity index (χ0n) is 22.4. The van der Waals surface area contributed by atoms with Crippen LogP contribution in [0.2, 0.25) is 0 Å².